The molecule has 1 amide bonds. The maximum Gasteiger partial charge on any atom is 0.264 e. The molecule has 3 aromatic rings. The van der Waals surface area contributed by atoms with Crippen molar-refractivity contribution in [3.63, 3.8) is 0 Å². The second-order valence-electron chi connectivity index (χ2n) is 9.96. The fraction of sp³-hybridized carbons (Fsp3) is 0.321. The summed E-state index contributed by atoms with van der Waals surface area (Å²) in [4.78, 5) is 13.5. The molecule has 1 unspecified atom stereocenters. The molecule has 4 rings (SSSR count). The van der Waals surface area contributed by atoms with Gasteiger partial charge in [0, 0.05) is 17.0 Å². The predicted octanol–water partition coefficient (Wildman–Crippen LogP) is 5.88. The Morgan fingerprint density at radius 2 is 1.72 bits per heavy atom. The number of rotatable bonds is 6. The van der Waals surface area contributed by atoms with Gasteiger partial charge in [0.1, 0.15) is 17.9 Å². The number of nitrogens with zero attached hydrogens (tertiary/aromatic N) is 1. The van der Waals surface area contributed by atoms with Gasteiger partial charge in [0.2, 0.25) is 5.91 Å². The molecule has 0 saturated heterocycles. The normalized spacial score (nSPS) is 16.6. The number of aryl methyl sites for hydroxylation is 3. The van der Waals surface area contributed by atoms with Crippen LogP contribution >= 0.6 is 11.6 Å². The van der Waals surface area contributed by atoms with Gasteiger partial charge in [0.25, 0.3) is 10.0 Å². The lowest BCUT2D eigenvalue weighted by molar-refractivity contribution is -0.120. The molecule has 0 fully saturated rings. The minimum absolute atomic E-state index is 0.0612. The molecule has 36 heavy (non-hydrogen) atoms. The van der Waals surface area contributed by atoms with Gasteiger partial charge in [-0.25, -0.2) is 8.42 Å². The molecular weight excluding hydrogens is 496 g/mol. The van der Waals surface area contributed by atoms with Gasteiger partial charge >= 0.3 is 0 Å². The van der Waals surface area contributed by atoms with Crippen LogP contribution in [0.3, 0.4) is 0 Å². The summed E-state index contributed by atoms with van der Waals surface area (Å²) in [7, 11) is -4.04. The monoisotopic (exact) mass is 526 g/mol. The Hall–Kier alpha value is -3.03. The van der Waals surface area contributed by atoms with E-state index in [1.54, 1.807) is 12.1 Å². The fourth-order valence-electron chi connectivity index (χ4n) is 4.40. The van der Waals surface area contributed by atoms with Crippen molar-refractivity contribution in [1.82, 2.24) is 5.32 Å². The van der Waals surface area contributed by atoms with Crippen LogP contribution in [0.4, 0.5) is 5.69 Å². The number of fused-ring (bicyclic) bond motifs is 1. The minimum Gasteiger partial charge on any atom is -0.487 e. The number of hydrogen-bond donors (Lipinski definition) is 1. The average Bonchev–Trinajstić information content (AvgIpc) is 2.79. The standard InChI is InChI=1S/C28H31ClN2O4S/c1-18-6-13-26-24(14-18)25(16-28(4,5)35-26)30-27(32)17-31(22-10-7-19(2)20(3)15-22)36(33,34)23-11-8-21(29)9-12-23/h6-15,25H,16-17H2,1-5H3,(H,30,32). The third kappa shape index (κ3) is 5.52. The molecule has 1 N–H and O–H groups in total. The van der Waals surface area contributed by atoms with E-state index in [1.807, 2.05) is 58.9 Å². The van der Waals surface area contributed by atoms with Crippen LogP contribution in [0.2, 0.25) is 5.02 Å². The number of benzene rings is 3. The van der Waals surface area contributed by atoms with Crippen molar-refractivity contribution >= 4 is 33.2 Å². The van der Waals surface area contributed by atoms with Crippen LogP contribution in [-0.4, -0.2) is 26.5 Å². The molecule has 0 saturated carbocycles. The SMILES string of the molecule is Cc1ccc2c(c1)C(NC(=O)CN(c1ccc(C)c(C)c1)S(=O)(=O)c1ccc(Cl)cc1)CC(C)(C)O2. The van der Waals surface area contributed by atoms with E-state index in [9.17, 15) is 13.2 Å². The third-order valence-corrected chi connectivity index (χ3v) is 8.47. The number of sulfonamides is 1. The second kappa shape index (κ2) is 9.79. The molecule has 0 aromatic heterocycles. The molecule has 0 radical (unpaired) electrons. The number of carbonyl (C=O) groups excluding carboxylic acids is 1. The Kier molecular flexibility index (Phi) is 7.08. The fourth-order valence-corrected chi connectivity index (χ4v) is 5.94. The van der Waals surface area contributed by atoms with Gasteiger partial charge in [-0.15, -0.1) is 0 Å². The molecule has 0 aliphatic carbocycles. The number of nitrogens with one attached hydrogen (secondary N) is 1. The highest BCUT2D eigenvalue weighted by atomic mass is 35.5. The van der Waals surface area contributed by atoms with Crippen molar-refractivity contribution in [2.24, 2.45) is 0 Å². The summed E-state index contributed by atoms with van der Waals surface area (Å²) in [5, 5.41) is 3.50. The van der Waals surface area contributed by atoms with E-state index in [0.29, 0.717) is 17.1 Å². The van der Waals surface area contributed by atoms with Gasteiger partial charge in [-0.3, -0.25) is 9.10 Å². The van der Waals surface area contributed by atoms with E-state index in [-0.39, 0.29) is 17.5 Å². The molecule has 1 aliphatic heterocycles. The van der Waals surface area contributed by atoms with Crippen LogP contribution in [0.15, 0.2) is 65.6 Å². The number of carbonyl (C=O) groups is 1. The molecule has 1 atom stereocenters. The van der Waals surface area contributed by atoms with Gasteiger partial charge in [-0.1, -0.05) is 35.4 Å². The van der Waals surface area contributed by atoms with Crippen LogP contribution in [0.1, 0.15) is 48.6 Å². The highest BCUT2D eigenvalue weighted by molar-refractivity contribution is 7.92. The van der Waals surface area contributed by atoms with Crippen LogP contribution in [0.25, 0.3) is 0 Å². The summed E-state index contributed by atoms with van der Waals surface area (Å²) in [5.41, 5.74) is 3.85. The molecular formula is C28H31ClN2O4S. The van der Waals surface area contributed by atoms with E-state index in [1.165, 1.54) is 24.3 Å². The van der Waals surface area contributed by atoms with Crippen molar-refractivity contribution in [1.29, 1.82) is 0 Å². The molecule has 0 bridgehead atoms. The number of ether oxygens (including phenoxy) is 1. The van der Waals surface area contributed by atoms with Gasteiger partial charge in [-0.05, 0) is 88.2 Å². The lowest BCUT2D eigenvalue weighted by Gasteiger charge is -2.38. The number of anilines is 1. The van der Waals surface area contributed by atoms with Crippen molar-refractivity contribution in [3.05, 3.63) is 87.9 Å². The molecule has 0 spiro atoms. The van der Waals surface area contributed by atoms with E-state index in [0.717, 1.165) is 32.3 Å². The van der Waals surface area contributed by atoms with Crippen LogP contribution in [0, 0.1) is 20.8 Å². The first-order chi connectivity index (χ1) is 16.9. The van der Waals surface area contributed by atoms with Gasteiger partial charge in [0.15, 0.2) is 0 Å². The number of halogens is 1. The first-order valence-corrected chi connectivity index (χ1v) is 13.6. The summed E-state index contributed by atoms with van der Waals surface area (Å²) in [5.74, 6) is 0.322. The molecule has 190 valence electrons. The molecule has 6 nitrogen and oxygen atoms in total. The zero-order valence-electron chi connectivity index (χ0n) is 21.1. The zero-order chi connectivity index (χ0) is 26.3. The van der Waals surface area contributed by atoms with E-state index >= 15 is 0 Å². The Morgan fingerprint density at radius 1 is 1.03 bits per heavy atom. The smallest absolute Gasteiger partial charge is 0.264 e. The molecule has 1 aliphatic rings. The number of amides is 1. The minimum atomic E-state index is -4.04. The highest BCUT2D eigenvalue weighted by Gasteiger charge is 2.35. The van der Waals surface area contributed by atoms with E-state index in [4.69, 9.17) is 16.3 Å². The van der Waals surface area contributed by atoms with Crippen LogP contribution < -0.4 is 14.4 Å². The van der Waals surface area contributed by atoms with Crippen molar-refractivity contribution in [3.8, 4) is 5.75 Å². The van der Waals surface area contributed by atoms with Gasteiger partial charge in [-0.2, -0.15) is 0 Å². The Balaban J connectivity index is 1.67. The van der Waals surface area contributed by atoms with E-state index < -0.39 is 21.5 Å². The maximum absolute atomic E-state index is 13.7. The van der Waals surface area contributed by atoms with Gasteiger partial charge in [0.05, 0.1) is 16.6 Å². The first kappa shape index (κ1) is 26.0. The van der Waals surface area contributed by atoms with Crippen molar-refractivity contribution < 1.29 is 17.9 Å². The lowest BCUT2D eigenvalue weighted by Crippen LogP contribution is -2.45. The van der Waals surface area contributed by atoms with Gasteiger partial charge < -0.3 is 10.1 Å². The largest absolute Gasteiger partial charge is 0.487 e. The Morgan fingerprint density at radius 3 is 2.39 bits per heavy atom. The van der Waals surface area contributed by atoms with E-state index in [2.05, 4.69) is 5.32 Å². The highest BCUT2D eigenvalue weighted by Crippen LogP contribution is 2.40. The first-order valence-electron chi connectivity index (χ1n) is 11.8. The third-order valence-electron chi connectivity index (χ3n) is 6.43. The maximum atomic E-state index is 13.7. The second-order valence-corrected chi connectivity index (χ2v) is 12.3. The predicted molar refractivity (Wildman–Crippen MR) is 143 cm³/mol. The lowest BCUT2D eigenvalue weighted by atomic mass is 9.89. The molecule has 3 aromatic carbocycles. The average molecular weight is 527 g/mol. The topological polar surface area (TPSA) is 75.7 Å². The Bertz CT molecular complexity index is 1400. The van der Waals surface area contributed by atoms with Crippen molar-refractivity contribution in [2.75, 3.05) is 10.8 Å². The Labute approximate surface area is 218 Å². The summed E-state index contributed by atoms with van der Waals surface area (Å²) < 4.78 is 34.7. The van der Waals surface area contributed by atoms with Crippen LogP contribution in [0.5, 0.6) is 5.75 Å². The quantitative estimate of drug-likeness (QED) is 0.435. The summed E-state index contributed by atoms with van der Waals surface area (Å²) >= 11 is 5.98. The molecule has 1 heterocycles. The summed E-state index contributed by atoms with van der Waals surface area (Å²) in [6, 6.07) is 16.9. The summed E-state index contributed by atoms with van der Waals surface area (Å²) in [6.45, 7) is 9.43. The zero-order valence-corrected chi connectivity index (χ0v) is 22.7. The summed E-state index contributed by atoms with van der Waals surface area (Å²) in [6.07, 6.45) is 0.558. The van der Waals surface area contributed by atoms with Crippen LogP contribution in [-0.2, 0) is 14.8 Å². The van der Waals surface area contributed by atoms with Crippen molar-refractivity contribution in [2.45, 2.75) is 57.6 Å². The number of hydrogen-bond acceptors (Lipinski definition) is 4. The molecule has 8 heteroatoms.